The van der Waals surface area contributed by atoms with Crippen molar-refractivity contribution in [3.8, 4) is 5.75 Å². The van der Waals surface area contributed by atoms with Gasteiger partial charge in [-0.2, -0.15) is 0 Å². The fourth-order valence-electron chi connectivity index (χ4n) is 2.53. The summed E-state index contributed by atoms with van der Waals surface area (Å²) in [5, 5.41) is 0. The quantitative estimate of drug-likeness (QED) is 0.832. The van der Waals surface area contributed by atoms with E-state index in [0.29, 0.717) is 11.8 Å². The smallest absolute Gasteiger partial charge is 0.122 e. The number of nitrogen functional groups attached to an aromatic ring is 1. The Kier molecular flexibility index (Phi) is 3.41. The van der Waals surface area contributed by atoms with Gasteiger partial charge in [0.2, 0.25) is 0 Å². The number of hydrogen-bond donors (Lipinski definition) is 1. The number of rotatable bonds is 4. The van der Waals surface area contributed by atoms with Crippen molar-refractivity contribution in [3.05, 3.63) is 23.8 Å². The molecule has 2 fully saturated rings. The molecular weight excluding hydrogens is 226 g/mol. The lowest BCUT2D eigenvalue weighted by atomic mass is 10.0. The molecule has 2 N–H and O–H groups in total. The first-order valence-electron chi connectivity index (χ1n) is 6.93. The molecule has 2 aliphatic rings. The Hall–Kier alpha value is -1.22. The molecule has 0 aromatic heterocycles. The minimum atomic E-state index is 0.642. The summed E-state index contributed by atoms with van der Waals surface area (Å²) in [6.07, 6.45) is 4.79. The van der Waals surface area contributed by atoms with Gasteiger partial charge in [-0.15, -0.1) is 0 Å². The molecule has 1 aliphatic heterocycles. The Morgan fingerprint density at radius 2 is 1.94 bits per heavy atom. The summed E-state index contributed by atoms with van der Waals surface area (Å²) < 4.78 is 11.4. The third-order valence-corrected chi connectivity index (χ3v) is 3.87. The third-order valence-electron chi connectivity index (χ3n) is 3.87. The standard InChI is InChI=1S/C15H21NO2/c16-13-3-4-15(14(9-13)12-1-2-12)18-10-11-5-7-17-8-6-11/h3-4,9,11-12H,1-2,5-8,10,16H2. The summed E-state index contributed by atoms with van der Waals surface area (Å²) in [5.74, 6) is 2.36. The van der Waals surface area contributed by atoms with Crippen LogP contribution >= 0.6 is 0 Å². The van der Waals surface area contributed by atoms with E-state index in [4.69, 9.17) is 15.2 Å². The highest BCUT2D eigenvalue weighted by Gasteiger charge is 2.27. The van der Waals surface area contributed by atoms with E-state index < -0.39 is 0 Å². The molecule has 3 rings (SSSR count). The highest BCUT2D eigenvalue weighted by Crippen LogP contribution is 2.45. The molecule has 3 heteroatoms. The minimum Gasteiger partial charge on any atom is -0.493 e. The summed E-state index contributed by atoms with van der Waals surface area (Å²) >= 11 is 0. The zero-order valence-electron chi connectivity index (χ0n) is 10.7. The molecule has 18 heavy (non-hydrogen) atoms. The molecule has 0 unspecified atom stereocenters. The second kappa shape index (κ2) is 5.19. The van der Waals surface area contributed by atoms with E-state index in [-0.39, 0.29) is 0 Å². The first-order valence-corrected chi connectivity index (χ1v) is 6.93. The van der Waals surface area contributed by atoms with E-state index in [9.17, 15) is 0 Å². The topological polar surface area (TPSA) is 44.5 Å². The van der Waals surface area contributed by atoms with Gasteiger partial charge in [0.25, 0.3) is 0 Å². The number of benzene rings is 1. The number of nitrogens with two attached hydrogens (primary N) is 1. The van der Waals surface area contributed by atoms with Crippen LogP contribution in [-0.2, 0) is 4.74 Å². The van der Waals surface area contributed by atoms with Crippen molar-refractivity contribution in [2.75, 3.05) is 25.6 Å². The molecule has 0 radical (unpaired) electrons. The molecule has 1 saturated heterocycles. The lowest BCUT2D eigenvalue weighted by Crippen LogP contribution is -2.21. The summed E-state index contributed by atoms with van der Waals surface area (Å²) in [6, 6.07) is 6.05. The van der Waals surface area contributed by atoms with E-state index in [0.717, 1.165) is 44.1 Å². The van der Waals surface area contributed by atoms with Crippen molar-refractivity contribution < 1.29 is 9.47 Å². The van der Waals surface area contributed by atoms with Gasteiger partial charge in [0, 0.05) is 18.9 Å². The normalized spacial score (nSPS) is 20.9. The van der Waals surface area contributed by atoms with Crippen molar-refractivity contribution in [3.63, 3.8) is 0 Å². The van der Waals surface area contributed by atoms with Crippen LogP contribution in [0.5, 0.6) is 5.75 Å². The van der Waals surface area contributed by atoms with Crippen LogP contribution in [0.2, 0.25) is 0 Å². The van der Waals surface area contributed by atoms with Crippen LogP contribution in [0.4, 0.5) is 5.69 Å². The zero-order chi connectivity index (χ0) is 12.4. The maximum Gasteiger partial charge on any atom is 0.122 e. The Balaban J connectivity index is 1.64. The van der Waals surface area contributed by atoms with Gasteiger partial charge in [0.1, 0.15) is 5.75 Å². The SMILES string of the molecule is Nc1ccc(OCC2CCOCC2)c(C2CC2)c1. The molecule has 1 saturated carbocycles. The van der Waals surface area contributed by atoms with Gasteiger partial charge in [-0.25, -0.2) is 0 Å². The second-order valence-corrected chi connectivity index (χ2v) is 5.44. The Labute approximate surface area is 108 Å². The first kappa shape index (κ1) is 11.8. The van der Waals surface area contributed by atoms with E-state index in [1.165, 1.54) is 18.4 Å². The summed E-state index contributed by atoms with van der Waals surface area (Å²) in [7, 11) is 0. The fourth-order valence-corrected chi connectivity index (χ4v) is 2.53. The molecule has 0 spiro atoms. The lowest BCUT2D eigenvalue weighted by Gasteiger charge is -2.23. The molecular formula is C15H21NO2. The van der Waals surface area contributed by atoms with E-state index >= 15 is 0 Å². The summed E-state index contributed by atoms with van der Waals surface area (Å²) in [5.41, 5.74) is 8.01. The Bertz CT molecular complexity index is 409. The Morgan fingerprint density at radius 3 is 2.67 bits per heavy atom. The predicted molar refractivity (Wildman–Crippen MR) is 71.9 cm³/mol. The average Bonchev–Trinajstić information content (AvgIpc) is 3.23. The van der Waals surface area contributed by atoms with Crippen molar-refractivity contribution >= 4 is 5.69 Å². The van der Waals surface area contributed by atoms with Gasteiger partial charge in [0.15, 0.2) is 0 Å². The minimum absolute atomic E-state index is 0.642. The summed E-state index contributed by atoms with van der Waals surface area (Å²) in [6.45, 7) is 2.57. The van der Waals surface area contributed by atoms with Crippen molar-refractivity contribution in [2.24, 2.45) is 5.92 Å². The van der Waals surface area contributed by atoms with E-state index in [1.54, 1.807) is 0 Å². The molecule has 1 aromatic carbocycles. The molecule has 0 atom stereocenters. The maximum absolute atomic E-state index is 6.02. The van der Waals surface area contributed by atoms with Gasteiger partial charge < -0.3 is 15.2 Å². The van der Waals surface area contributed by atoms with E-state index in [2.05, 4.69) is 6.07 Å². The number of hydrogen-bond acceptors (Lipinski definition) is 3. The van der Waals surface area contributed by atoms with Crippen LogP contribution in [0.3, 0.4) is 0 Å². The van der Waals surface area contributed by atoms with Crippen LogP contribution in [0.1, 0.15) is 37.2 Å². The van der Waals surface area contributed by atoms with E-state index in [1.807, 2.05) is 12.1 Å². The van der Waals surface area contributed by atoms with Crippen molar-refractivity contribution in [1.82, 2.24) is 0 Å². The molecule has 3 nitrogen and oxygen atoms in total. The van der Waals surface area contributed by atoms with Crippen molar-refractivity contribution in [1.29, 1.82) is 0 Å². The van der Waals surface area contributed by atoms with Crippen molar-refractivity contribution in [2.45, 2.75) is 31.6 Å². The highest BCUT2D eigenvalue weighted by atomic mass is 16.5. The molecule has 98 valence electrons. The molecule has 1 aromatic rings. The molecule has 0 amide bonds. The van der Waals surface area contributed by atoms with Crippen LogP contribution in [0.25, 0.3) is 0 Å². The maximum atomic E-state index is 6.02. The second-order valence-electron chi connectivity index (χ2n) is 5.44. The van der Waals surface area contributed by atoms with Gasteiger partial charge in [-0.1, -0.05) is 0 Å². The Morgan fingerprint density at radius 1 is 1.17 bits per heavy atom. The summed E-state index contributed by atoms with van der Waals surface area (Å²) in [4.78, 5) is 0. The zero-order valence-corrected chi connectivity index (χ0v) is 10.7. The monoisotopic (exact) mass is 247 g/mol. The van der Waals surface area contributed by atoms with Crippen LogP contribution in [0, 0.1) is 5.92 Å². The fraction of sp³-hybridized carbons (Fsp3) is 0.600. The molecule has 1 aliphatic carbocycles. The van der Waals surface area contributed by atoms with Crippen LogP contribution in [-0.4, -0.2) is 19.8 Å². The predicted octanol–water partition coefficient (Wildman–Crippen LogP) is 2.95. The molecule has 1 heterocycles. The largest absolute Gasteiger partial charge is 0.493 e. The number of ether oxygens (including phenoxy) is 2. The van der Waals surface area contributed by atoms with Gasteiger partial charge in [-0.05, 0) is 61.3 Å². The third kappa shape index (κ3) is 2.78. The lowest BCUT2D eigenvalue weighted by molar-refractivity contribution is 0.0496. The first-order chi connectivity index (χ1) is 8.83. The van der Waals surface area contributed by atoms with Gasteiger partial charge in [0.05, 0.1) is 6.61 Å². The molecule has 0 bridgehead atoms. The van der Waals surface area contributed by atoms with Gasteiger partial charge in [-0.3, -0.25) is 0 Å². The van der Waals surface area contributed by atoms with Crippen LogP contribution in [0.15, 0.2) is 18.2 Å². The highest BCUT2D eigenvalue weighted by molar-refractivity contribution is 5.50. The van der Waals surface area contributed by atoms with Gasteiger partial charge >= 0.3 is 0 Å². The average molecular weight is 247 g/mol. The van der Waals surface area contributed by atoms with Crippen LogP contribution < -0.4 is 10.5 Å². The number of anilines is 1.